The zero-order valence-corrected chi connectivity index (χ0v) is 18.7. The van der Waals surface area contributed by atoms with E-state index in [0.717, 1.165) is 18.9 Å². The first-order valence-electron chi connectivity index (χ1n) is 10.6. The van der Waals surface area contributed by atoms with Crippen LogP contribution in [0.15, 0.2) is 72.8 Å². The minimum absolute atomic E-state index is 0.156. The molecular weight excluding hydrogens is 411 g/mol. The molecule has 2 aliphatic rings. The third kappa shape index (κ3) is 3.51. The number of nitrogens with zero attached hydrogens (tertiary/aromatic N) is 2. The summed E-state index contributed by atoms with van der Waals surface area (Å²) in [7, 11) is 2.27. The highest BCUT2D eigenvalue weighted by molar-refractivity contribution is 6.35. The summed E-state index contributed by atoms with van der Waals surface area (Å²) in [5.74, 6) is 0.534. The van der Waals surface area contributed by atoms with Crippen LogP contribution in [0, 0.1) is 0 Å². The number of hydrogen-bond donors (Lipinski definition) is 0. The number of benzene rings is 3. The van der Waals surface area contributed by atoms with Crippen molar-refractivity contribution in [1.29, 1.82) is 0 Å². The molecule has 2 fully saturated rings. The first-order chi connectivity index (χ1) is 14.5. The Hall–Kier alpha value is -2.00. The zero-order chi connectivity index (χ0) is 20.7. The van der Waals surface area contributed by atoms with Crippen LogP contribution in [0.3, 0.4) is 0 Å². The van der Waals surface area contributed by atoms with Crippen molar-refractivity contribution in [2.24, 2.45) is 0 Å². The fraction of sp³-hybridized carbons (Fsp3) is 0.308. The molecule has 3 aromatic carbocycles. The van der Waals surface area contributed by atoms with Crippen molar-refractivity contribution < 1.29 is 0 Å². The van der Waals surface area contributed by atoms with Crippen LogP contribution in [-0.4, -0.2) is 30.7 Å². The van der Waals surface area contributed by atoms with E-state index in [9.17, 15) is 0 Å². The van der Waals surface area contributed by atoms with E-state index in [1.165, 1.54) is 36.0 Å². The van der Waals surface area contributed by atoms with Crippen LogP contribution in [0.2, 0.25) is 10.0 Å². The van der Waals surface area contributed by atoms with Gasteiger partial charge in [-0.15, -0.1) is 0 Å². The van der Waals surface area contributed by atoms with Gasteiger partial charge in [-0.25, -0.2) is 0 Å². The van der Waals surface area contributed by atoms with Crippen molar-refractivity contribution in [3.63, 3.8) is 0 Å². The van der Waals surface area contributed by atoms with Crippen LogP contribution in [0.4, 0.5) is 5.69 Å². The molecule has 0 N–H and O–H groups in total. The maximum absolute atomic E-state index is 6.28. The van der Waals surface area contributed by atoms with Crippen LogP contribution in [0.1, 0.15) is 30.7 Å². The van der Waals surface area contributed by atoms with Crippen LogP contribution in [-0.2, 0) is 0 Å². The molecule has 1 spiro atoms. The fourth-order valence-electron chi connectivity index (χ4n) is 5.51. The molecule has 0 amide bonds. The third-order valence-electron chi connectivity index (χ3n) is 6.99. The molecule has 5 rings (SSSR count). The molecule has 1 aliphatic carbocycles. The lowest BCUT2D eigenvalue weighted by molar-refractivity contribution is 0.170. The van der Waals surface area contributed by atoms with Gasteiger partial charge in [0, 0.05) is 33.7 Å². The summed E-state index contributed by atoms with van der Waals surface area (Å²) in [5.41, 5.74) is 5.27. The first kappa shape index (κ1) is 19.9. The number of halogens is 2. The van der Waals surface area contributed by atoms with E-state index in [1.54, 1.807) is 6.07 Å². The Labute approximate surface area is 189 Å². The highest BCUT2D eigenvalue weighted by Crippen LogP contribution is 2.50. The Bertz CT molecular complexity index is 1010. The first-order valence-corrected chi connectivity index (χ1v) is 11.4. The smallest absolute Gasteiger partial charge is 0.0710 e. The highest BCUT2D eigenvalue weighted by atomic mass is 35.5. The van der Waals surface area contributed by atoms with Gasteiger partial charge in [0.05, 0.1) is 6.67 Å². The summed E-state index contributed by atoms with van der Waals surface area (Å²) in [4.78, 5) is 4.97. The van der Waals surface area contributed by atoms with Gasteiger partial charge in [-0.3, -0.25) is 4.90 Å². The van der Waals surface area contributed by atoms with E-state index in [1.807, 2.05) is 12.1 Å². The molecule has 1 aliphatic heterocycles. The van der Waals surface area contributed by atoms with E-state index in [0.29, 0.717) is 16.0 Å². The molecule has 154 valence electrons. The lowest BCUT2D eigenvalue weighted by atomic mass is 9.81. The average molecular weight is 437 g/mol. The Morgan fingerprint density at radius 2 is 1.53 bits per heavy atom. The monoisotopic (exact) mass is 436 g/mol. The minimum Gasteiger partial charge on any atom is -0.357 e. The second-order valence-electron chi connectivity index (χ2n) is 8.70. The van der Waals surface area contributed by atoms with Gasteiger partial charge in [-0.05, 0) is 54.8 Å². The van der Waals surface area contributed by atoms with Gasteiger partial charge in [0.15, 0.2) is 0 Å². The molecule has 4 heteroatoms. The Morgan fingerprint density at radius 3 is 2.23 bits per heavy atom. The van der Waals surface area contributed by atoms with Crippen molar-refractivity contribution in [3.05, 3.63) is 88.4 Å². The molecule has 0 unspecified atom stereocenters. The van der Waals surface area contributed by atoms with Crippen molar-refractivity contribution in [2.45, 2.75) is 30.7 Å². The predicted molar refractivity (Wildman–Crippen MR) is 128 cm³/mol. The fourth-order valence-corrected chi connectivity index (χ4v) is 6.02. The summed E-state index contributed by atoms with van der Waals surface area (Å²) in [6.07, 6.45) is 3.72. The van der Waals surface area contributed by atoms with E-state index in [2.05, 4.69) is 71.4 Å². The SMILES string of the molecule is CN1CN(c2cc(Cl)cc(Cl)c2)C[C@]12CCC[C@H]2c1ccc(-c2ccccc2)cc1. The average Bonchev–Trinajstić information content (AvgIpc) is 3.32. The summed E-state index contributed by atoms with van der Waals surface area (Å²) in [5, 5.41) is 1.39. The topological polar surface area (TPSA) is 6.48 Å². The number of anilines is 1. The molecule has 30 heavy (non-hydrogen) atoms. The second kappa shape index (κ2) is 7.92. The Morgan fingerprint density at radius 1 is 0.867 bits per heavy atom. The molecular formula is C26H26Cl2N2. The normalized spacial score (nSPS) is 24.1. The van der Waals surface area contributed by atoms with Gasteiger partial charge in [0.25, 0.3) is 0 Å². The number of likely N-dealkylation sites (N-methyl/N-ethyl adjacent to an activating group) is 1. The molecule has 0 bridgehead atoms. The summed E-state index contributed by atoms with van der Waals surface area (Å²) in [6.45, 7) is 1.90. The molecule has 1 saturated carbocycles. The standard InChI is InChI=1S/C26H26Cl2N2/c1-29-18-30(24-15-22(27)14-23(28)16-24)17-26(29)13-5-8-25(26)21-11-9-20(10-12-21)19-6-3-2-4-7-19/h2-4,6-7,9-12,14-16,25H,5,8,13,17-18H2,1H3/t25-,26-/m0/s1. The van der Waals surface area contributed by atoms with E-state index < -0.39 is 0 Å². The van der Waals surface area contributed by atoms with Gasteiger partial charge in [0.2, 0.25) is 0 Å². The quantitative estimate of drug-likeness (QED) is 0.432. The van der Waals surface area contributed by atoms with Gasteiger partial charge in [-0.1, -0.05) is 84.2 Å². The molecule has 1 heterocycles. The highest BCUT2D eigenvalue weighted by Gasteiger charge is 2.51. The van der Waals surface area contributed by atoms with Crippen molar-refractivity contribution in [3.8, 4) is 11.1 Å². The van der Waals surface area contributed by atoms with Crippen LogP contribution in [0.25, 0.3) is 11.1 Å². The van der Waals surface area contributed by atoms with Crippen LogP contribution in [0.5, 0.6) is 0 Å². The van der Waals surface area contributed by atoms with Crippen molar-refractivity contribution in [2.75, 3.05) is 25.2 Å². The van der Waals surface area contributed by atoms with Gasteiger partial charge in [0.1, 0.15) is 0 Å². The molecule has 2 atom stereocenters. The molecule has 1 saturated heterocycles. The lowest BCUT2D eigenvalue weighted by Crippen LogP contribution is -2.45. The van der Waals surface area contributed by atoms with Gasteiger partial charge >= 0.3 is 0 Å². The lowest BCUT2D eigenvalue weighted by Gasteiger charge is -2.37. The van der Waals surface area contributed by atoms with Crippen LogP contribution < -0.4 is 4.90 Å². The number of rotatable bonds is 3. The molecule has 0 aromatic heterocycles. The Balaban J connectivity index is 1.43. The zero-order valence-electron chi connectivity index (χ0n) is 17.2. The largest absolute Gasteiger partial charge is 0.357 e. The molecule has 2 nitrogen and oxygen atoms in total. The van der Waals surface area contributed by atoms with Gasteiger partial charge < -0.3 is 4.90 Å². The summed E-state index contributed by atoms with van der Waals surface area (Å²) in [6, 6.07) is 25.7. The van der Waals surface area contributed by atoms with Crippen molar-refractivity contribution >= 4 is 28.9 Å². The molecule has 3 aromatic rings. The number of hydrogen-bond acceptors (Lipinski definition) is 2. The minimum atomic E-state index is 0.156. The summed E-state index contributed by atoms with van der Waals surface area (Å²) < 4.78 is 0. The van der Waals surface area contributed by atoms with E-state index in [-0.39, 0.29) is 5.54 Å². The maximum Gasteiger partial charge on any atom is 0.0710 e. The third-order valence-corrected chi connectivity index (χ3v) is 7.43. The van der Waals surface area contributed by atoms with Crippen molar-refractivity contribution in [1.82, 2.24) is 4.90 Å². The molecule has 0 radical (unpaired) electrons. The van der Waals surface area contributed by atoms with Crippen LogP contribution >= 0.6 is 23.2 Å². The predicted octanol–water partition coefficient (Wildman–Crippen LogP) is 7.08. The van der Waals surface area contributed by atoms with Gasteiger partial charge in [-0.2, -0.15) is 0 Å². The maximum atomic E-state index is 6.28. The Kier molecular flexibility index (Phi) is 5.26. The second-order valence-corrected chi connectivity index (χ2v) is 9.57. The summed E-state index contributed by atoms with van der Waals surface area (Å²) >= 11 is 12.6. The van der Waals surface area contributed by atoms with E-state index in [4.69, 9.17) is 23.2 Å². The van der Waals surface area contributed by atoms with E-state index >= 15 is 0 Å².